The molecule has 0 radical (unpaired) electrons. The van der Waals surface area contributed by atoms with Crippen LogP contribution in [0.4, 0.5) is 5.00 Å². The van der Waals surface area contributed by atoms with Crippen LogP contribution in [0.1, 0.15) is 46.5 Å². The molecule has 2 aliphatic carbocycles. The number of aliphatic carboxylic acids is 1. The van der Waals surface area contributed by atoms with Gasteiger partial charge >= 0.3 is 5.97 Å². The molecule has 2 amide bonds. The molecule has 2 atom stereocenters. The van der Waals surface area contributed by atoms with Crippen LogP contribution in [0.15, 0.2) is 12.2 Å². The van der Waals surface area contributed by atoms with Crippen molar-refractivity contribution in [2.75, 3.05) is 5.32 Å². The molecule has 1 aromatic heterocycles. The number of hydrogen-bond donors (Lipinski definition) is 3. The number of thiophene rings is 1. The van der Waals surface area contributed by atoms with E-state index in [-0.39, 0.29) is 5.91 Å². The van der Waals surface area contributed by atoms with Gasteiger partial charge in [-0.05, 0) is 44.1 Å². The minimum absolute atomic E-state index is 0.344. The van der Waals surface area contributed by atoms with Crippen LogP contribution in [-0.2, 0) is 22.4 Å². The van der Waals surface area contributed by atoms with Crippen LogP contribution in [0, 0.1) is 11.8 Å². The summed E-state index contributed by atoms with van der Waals surface area (Å²) in [4.78, 5) is 36.9. The van der Waals surface area contributed by atoms with Gasteiger partial charge in [-0.2, -0.15) is 0 Å². The average Bonchev–Trinajstić information content (AvgIpc) is 2.92. The summed E-state index contributed by atoms with van der Waals surface area (Å²) >= 11 is 1.39. The van der Waals surface area contributed by atoms with E-state index in [1.807, 2.05) is 6.08 Å². The number of hydrogen-bond acceptors (Lipinski definition) is 4. The molecule has 6 nitrogen and oxygen atoms in total. The zero-order valence-corrected chi connectivity index (χ0v) is 14.0. The first-order chi connectivity index (χ1) is 11.5. The molecular formula is C17H20N2O4S. The summed E-state index contributed by atoms with van der Waals surface area (Å²) in [7, 11) is 0. The third-order valence-corrected chi connectivity index (χ3v) is 5.95. The maximum atomic E-state index is 12.6. The Morgan fingerprint density at radius 2 is 1.79 bits per heavy atom. The lowest BCUT2D eigenvalue weighted by molar-refractivity contribution is -0.146. The van der Waals surface area contributed by atoms with Gasteiger partial charge in [-0.1, -0.05) is 12.2 Å². The number of amides is 2. The molecule has 128 valence electrons. The lowest BCUT2D eigenvalue weighted by atomic mass is 9.82. The molecule has 7 heteroatoms. The van der Waals surface area contributed by atoms with E-state index in [1.54, 1.807) is 6.08 Å². The van der Waals surface area contributed by atoms with Crippen LogP contribution in [0.25, 0.3) is 0 Å². The number of nitrogens with one attached hydrogen (secondary N) is 1. The van der Waals surface area contributed by atoms with E-state index >= 15 is 0 Å². The zero-order chi connectivity index (χ0) is 17.3. The Hall–Kier alpha value is -2.15. The molecule has 0 unspecified atom stereocenters. The van der Waals surface area contributed by atoms with Crippen LogP contribution in [-0.4, -0.2) is 22.9 Å². The molecule has 1 aromatic rings. The monoisotopic (exact) mass is 348 g/mol. The lowest BCUT2D eigenvalue weighted by Crippen LogP contribution is -2.35. The van der Waals surface area contributed by atoms with Crippen LogP contribution in [0.5, 0.6) is 0 Å². The van der Waals surface area contributed by atoms with Crippen molar-refractivity contribution in [1.29, 1.82) is 0 Å². The fourth-order valence-corrected chi connectivity index (χ4v) is 4.79. The Morgan fingerprint density at radius 1 is 1.12 bits per heavy atom. The number of nitrogens with two attached hydrogens (primary N) is 1. The highest BCUT2D eigenvalue weighted by Gasteiger charge is 2.35. The molecule has 4 N–H and O–H groups in total. The van der Waals surface area contributed by atoms with Crippen molar-refractivity contribution in [3.8, 4) is 0 Å². The molecule has 0 saturated heterocycles. The second kappa shape index (κ2) is 6.76. The van der Waals surface area contributed by atoms with Gasteiger partial charge in [0.2, 0.25) is 5.91 Å². The molecule has 1 heterocycles. The summed E-state index contributed by atoms with van der Waals surface area (Å²) in [6.07, 6.45) is 8.11. The predicted octanol–water partition coefficient (Wildman–Crippen LogP) is 2.33. The number of carboxylic acid groups (broad SMARTS) is 1. The van der Waals surface area contributed by atoms with E-state index in [0.29, 0.717) is 23.4 Å². The third kappa shape index (κ3) is 3.08. The van der Waals surface area contributed by atoms with Crippen LogP contribution >= 0.6 is 11.3 Å². The van der Waals surface area contributed by atoms with Crippen LogP contribution < -0.4 is 11.1 Å². The predicted molar refractivity (Wildman–Crippen MR) is 91.1 cm³/mol. The van der Waals surface area contributed by atoms with E-state index in [2.05, 4.69) is 5.32 Å². The summed E-state index contributed by atoms with van der Waals surface area (Å²) in [5.74, 6) is -3.23. The Bertz CT molecular complexity index is 722. The largest absolute Gasteiger partial charge is 0.481 e. The van der Waals surface area contributed by atoms with Crippen molar-refractivity contribution >= 4 is 34.1 Å². The summed E-state index contributed by atoms with van der Waals surface area (Å²) in [5, 5.41) is 12.6. The molecule has 2 aliphatic rings. The Labute approximate surface area is 143 Å². The highest BCUT2D eigenvalue weighted by molar-refractivity contribution is 7.17. The van der Waals surface area contributed by atoms with E-state index in [9.17, 15) is 19.5 Å². The number of allylic oxidation sites excluding steroid dienone is 2. The van der Waals surface area contributed by atoms with Gasteiger partial charge in [-0.15, -0.1) is 11.3 Å². The summed E-state index contributed by atoms with van der Waals surface area (Å²) < 4.78 is 0. The van der Waals surface area contributed by atoms with Gasteiger partial charge in [-0.25, -0.2) is 0 Å². The average molecular weight is 348 g/mol. The van der Waals surface area contributed by atoms with Gasteiger partial charge in [0.25, 0.3) is 5.91 Å². The summed E-state index contributed by atoms with van der Waals surface area (Å²) in [6.45, 7) is 0. The van der Waals surface area contributed by atoms with Gasteiger partial charge in [0, 0.05) is 4.88 Å². The van der Waals surface area contributed by atoms with E-state index in [4.69, 9.17) is 5.73 Å². The fraction of sp³-hybridized carbons (Fsp3) is 0.471. The Kier molecular flexibility index (Phi) is 4.71. The van der Waals surface area contributed by atoms with Crippen molar-refractivity contribution in [2.24, 2.45) is 17.6 Å². The number of carbonyl (C=O) groups excluding carboxylic acids is 2. The summed E-state index contributed by atoms with van der Waals surface area (Å²) in [5.41, 5.74) is 6.88. The van der Waals surface area contributed by atoms with Crippen LogP contribution in [0.3, 0.4) is 0 Å². The van der Waals surface area contributed by atoms with Gasteiger partial charge in [-0.3, -0.25) is 14.4 Å². The van der Waals surface area contributed by atoms with Crippen molar-refractivity contribution in [1.82, 2.24) is 0 Å². The first-order valence-electron chi connectivity index (χ1n) is 8.12. The number of rotatable bonds is 4. The Morgan fingerprint density at radius 3 is 2.46 bits per heavy atom. The minimum Gasteiger partial charge on any atom is -0.481 e. The standard InChI is InChI=1S/C17H20N2O4S/c18-14(20)13-11-7-3-4-8-12(11)24-16(13)19-15(21)9-5-1-2-6-10(9)17(22)23/h1-2,9-10H,3-8H2,(H2,18,20)(H,19,21)(H,22,23)/t9-,10+/m1/s1. The number of aryl methyl sites for hydroxylation is 1. The molecule has 0 aliphatic heterocycles. The molecule has 0 aromatic carbocycles. The molecule has 0 saturated carbocycles. The second-order valence-corrected chi connectivity index (χ2v) is 7.37. The molecule has 3 rings (SSSR count). The number of carboxylic acids is 1. The highest BCUT2D eigenvalue weighted by atomic mass is 32.1. The number of fused-ring (bicyclic) bond motifs is 1. The third-order valence-electron chi connectivity index (χ3n) is 4.74. The minimum atomic E-state index is -0.972. The summed E-state index contributed by atoms with van der Waals surface area (Å²) in [6, 6.07) is 0. The van der Waals surface area contributed by atoms with E-state index in [1.165, 1.54) is 11.3 Å². The quantitative estimate of drug-likeness (QED) is 0.725. The van der Waals surface area contributed by atoms with Gasteiger partial charge < -0.3 is 16.2 Å². The molecular weight excluding hydrogens is 328 g/mol. The van der Waals surface area contributed by atoms with E-state index < -0.39 is 23.7 Å². The fourth-order valence-electron chi connectivity index (χ4n) is 3.50. The van der Waals surface area contributed by atoms with E-state index in [0.717, 1.165) is 36.1 Å². The van der Waals surface area contributed by atoms with Gasteiger partial charge in [0.15, 0.2) is 0 Å². The topological polar surface area (TPSA) is 109 Å². The molecule has 0 fully saturated rings. The number of carbonyl (C=O) groups is 3. The normalized spacial score (nSPS) is 22.7. The zero-order valence-electron chi connectivity index (χ0n) is 13.2. The maximum Gasteiger partial charge on any atom is 0.307 e. The van der Waals surface area contributed by atoms with Crippen molar-refractivity contribution in [3.63, 3.8) is 0 Å². The molecule has 0 bridgehead atoms. The lowest BCUT2D eigenvalue weighted by Gasteiger charge is -2.24. The Balaban J connectivity index is 1.86. The smallest absolute Gasteiger partial charge is 0.307 e. The second-order valence-electron chi connectivity index (χ2n) is 6.26. The molecule has 0 spiro atoms. The first-order valence-corrected chi connectivity index (χ1v) is 8.93. The highest BCUT2D eigenvalue weighted by Crippen LogP contribution is 2.38. The number of primary amides is 1. The van der Waals surface area contributed by atoms with Crippen LogP contribution in [0.2, 0.25) is 0 Å². The van der Waals surface area contributed by atoms with Gasteiger partial charge in [0.1, 0.15) is 5.00 Å². The van der Waals surface area contributed by atoms with Gasteiger partial charge in [0.05, 0.1) is 17.4 Å². The van der Waals surface area contributed by atoms with Crippen molar-refractivity contribution in [2.45, 2.75) is 38.5 Å². The maximum absolute atomic E-state index is 12.6. The van der Waals surface area contributed by atoms with Crippen molar-refractivity contribution in [3.05, 3.63) is 28.2 Å². The molecule has 24 heavy (non-hydrogen) atoms. The van der Waals surface area contributed by atoms with Crippen molar-refractivity contribution < 1.29 is 19.5 Å². The number of anilines is 1. The first kappa shape index (κ1) is 16.7. The SMILES string of the molecule is NC(=O)c1c(NC(=O)[C@@H]2CC=CC[C@@H]2C(=O)O)sc2c1CCCC2.